The third-order valence-corrected chi connectivity index (χ3v) is 4.53. The molecule has 2 rings (SSSR count). The molecule has 2 nitrogen and oxygen atoms in total. The van der Waals surface area contributed by atoms with Crippen LogP contribution >= 0.6 is 11.6 Å². The normalized spacial score (nSPS) is 18.2. The molecule has 0 heterocycles. The standard InChI is InChI=1S/C16H21ClO2/c1-11(16(18)19)13-7-8-14(15(17)10-13)9-12-5-3-2-4-6-12/h7-8,10-12H,2-6,9H2,1H3,(H,18,19). The van der Waals surface area contributed by atoms with E-state index in [4.69, 9.17) is 16.7 Å². The summed E-state index contributed by atoms with van der Waals surface area (Å²) >= 11 is 6.30. The van der Waals surface area contributed by atoms with Crippen molar-refractivity contribution in [3.63, 3.8) is 0 Å². The Morgan fingerprint density at radius 1 is 1.37 bits per heavy atom. The van der Waals surface area contributed by atoms with Crippen molar-refractivity contribution in [2.75, 3.05) is 0 Å². The first-order valence-corrected chi connectivity index (χ1v) is 7.47. The Labute approximate surface area is 119 Å². The van der Waals surface area contributed by atoms with Crippen molar-refractivity contribution in [2.45, 2.75) is 51.4 Å². The first-order valence-electron chi connectivity index (χ1n) is 7.09. The third-order valence-electron chi connectivity index (χ3n) is 4.18. The number of carboxylic acid groups (broad SMARTS) is 1. The molecule has 1 fully saturated rings. The van der Waals surface area contributed by atoms with E-state index in [0.29, 0.717) is 0 Å². The average Bonchev–Trinajstić information content (AvgIpc) is 2.41. The summed E-state index contributed by atoms with van der Waals surface area (Å²) in [6, 6.07) is 5.73. The number of aliphatic carboxylic acids is 1. The third kappa shape index (κ3) is 3.73. The number of carboxylic acids is 1. The summed E-state index contributed by atoms with van der Waals surface area (Å²) in [7, 11) is 0. The molecule has 1 atom stereocenters. The lowest BCUT2D eigenvalue weighted by atomic mass is 9.84. The minimum Gasteiger partial charge on any atom is -0.481 e. The SMILES string of the molecule is CC(C(=O)O)c1ccc(CC2CCCCC2)c(Cl)c1. The zero-order chi connectivity index (χ0) is 13.8. The van der Waals surface area contributed by atoms with Crippen LogP contribution in [-0.4, -0.2) is 11.1 Å². The molecule has 1 saturated carbocycles. The Kier molecular flexibility index (Phi) is 4.87. The van der Waals surface area contributed by atoms with Gasteiger partial charge in [-0.05, 0) is 36.5 Å². The predicted molar refractivity (Wildman–Crippen MR) is 77.8 cm³/mol. The van der Waals surface area contributed by atoms with Crippen molar-refractivity contribution in [2.24, 2.45) is 5.92 Å². The van der Waals surface area contributed by atoms with Crippen molar-refractivity contribution in [1.82, 2.24) is 0 Å². The second-order valence-electron chi connectivity index (χ2n) is 5.62. The van der Waals surface area contributed by atoms with Crippen LogP contribution in [0.3, 0.4) is 0 Å². The summed E-state index contributed by atoms with van der Waals surface area (Å²) in [6.45, 7) is 1.69. The molecule has 1 unspecified atom stereocenters. The van der Waals surface area contributed by atoms with Crippen molar-refractivity contribution in [3.05, 3.63) is 34.3 Å². The predicted octanol–water partition coefficient (Wildman–Crippen LogP) is 4.65. The van der Waals surface area contributed by atoms with Gasteiger partial charge in [-0.25, -0.2) is 0 Å². The summed E-state index contributed by atoms with van der Waals surface area (Å²) in [6.07, 6.45) is 7.64. The Morgan fingerprint density at radius 2 is 2.05 bits per heavy atom. The summed E-state index contributed by atoms with van der Waals surface area (Å²) in [5, 5.41) is 9.73. The molecule has 1 aliphatic carbocycles. The van der Waals surface area contributed by atoms with Gasteiger partial charge in [0, 0.05) is 5.02 Å². The molecule has 0 radical (unpaired) electrons. The molecule has 3 heteroatoms. The van der Waals surface area contributed by atoms with Crippen molar-refractivity contribution < 1.29 is 9.90 Å². The number of carbonyl (C=O) groups is 1. The van der Waals surface area contributed by atoms with Crippen LogP contribution in [0.25, 0.3) is 0 Å². The Balaban J connectivity index is 2.08. The number of rotatable bonds is 4. The Morgan fingerprint density at radius 3 is 2.63 bits per heavy atom. The number of hydrogen-bond donors (Lipinski definition) is 1. The van der Waals surface area contributed by atoms with Gasteiger partial charge in [-0.1, -0.05) is 55.8 Å². The van der Waals surface area contributed by atoms with Gasteiger partial charge in [-0.15, -0.1) is 0 Å². The van der Waals surface area contributed by atoms with Gasteiger partial charge in [0.15, 0.2) is 0 Å². The van der Waals surface area contributed by atoms with E-state index in [2.05, 4.69) is 0 Å². The molecule has 0 aliphatic heterocycles. The Bertz CT molecular complexity index is 450. The number of hydrogen-bond acceptors (Lipinski definition) is 1. The van der Waals surface area contributed by atoms with Gasteiger partial charge in [0.25, 0.3) is 0 Å². The van der Waals surface area contributed by atoms with Gasteiger partial charge in [0.2, 0.25) is 0 Å². The Hall–Kier alpha value is -1.02. The van der Waals surface area contributed by atoms with Crippen molar-refractivity contribution in [3.8, 4) is 0 Å². The molecule has 0 saturated heterocycles. The maximum Gasteiger partial charge on any atom is 0.310 e. The second-order valence-corrected chi connectivity index (χ2v) is 6.03. The zero-order valence-electron chi connectivity index (χ0n) is 11.4. The quantitative estimate of drug-likeness (QED) is 0.871. The molecule has 0 spiro atoms. The highest BCUT2D eigenvalue weighted by Crippen LogP contribution is 2.30. The van der Waals surface area contributed by atoms with Crippen LogP contribution in [0.4, 0.5) is 0 Å². The van der Waals surface area contributed by atoms with Crippen LogP contribution < -0.4 is 0 Å². The van der Waals surface area contributed by atoms with Gasteiger partial charge in [-0.3, -0.25) is 4.79 Å². The van der Waals surface area contributed by atoms with E-state index < -0.39 is 11.9 Å². The fourth-order valence-electron chi connectivity index (χ4n) is 2.84. The van der Waals surface area contributed by atoms with Gasteiger partial charge >= 0.3 is 5.97 Å². The molecule has 0 aromatic heterocycles. The smallest absolute Gasteiger partial charge is 0.310 e. The summed E-state index contributed by atoms with van der Waals surface area (Å²) < 4.78 is 0. The fraction of sp³-hybridized carbons (Fsp3) is 0.562. The molecule has 19 heavy (non-hydrogen) atoms. The van der Waals surface area contributed by atoms with E-state index in [1.165, 1.54) is 32.1 Å². The monoisotopic (exact) mass is 280 g/mol. The molecule has 1 aromatic carbocycles. The van der Waals surface area contributed by atoms with E-state index in [9.17, 15) is 4.79 Å². The molecule has 0 bridgehead atoms. The van der Waals surface area contributed by atoms with Gasteiger partial charge in [0.1, 0.15) is 0 Å². The van der Waals surface area contributed by atoms with E-state index in [1.54, 1.807) is 6.92 Å². The minimum absolute atomic E-state index is 0.499. The molecule has 1 aromatic rings. The molecule has 1 N–H and O–H groups in total. The maximum atomic E-state index is 11.0. The summed E-state index contributed by atoms with van der Waals surface area (Å²) in [5.41, 5.74) is 1.94. The van der Waals surface area contributed by atoms with E-state index in [-0.39, 0.29) is 0 Å². The highest BCUT2D eigenvalue weighted by molar-refractivity contribution is 6.31. The van der Waals surface area contributed by atoms with Crippen molar-refractivity contribution >= 4 is 17.6 Å². The molecule has 0 amide bonds. The molecular formula is C16H21ClO2. The lowest BCUT2D eigenvalue weighted by Crippen LogP contribution is -2.10. The minimum atomic E-state index is -0.809. The molecule has 104 valence electrons. The largest absolute Gasteiger partial charge is 0.481 e. The van der Waals surface area contributed by atoms with Crippen LogP contribution in [0.5, 0.6) is 0 Å². The maximum absolute atomic E-state index is 11.0. The number of halogens is 1. The van der Waals surface area contributed by atoms with Crippen LogP contribution in [-0.2, 0) is 11.2 Å². The van der Waals surface area contributed by atoms with E-state index in [0.717, 1.165) is 28.5 Å². The lowest BCUT2D eigenvalue weighted by molar-refractivity contribution is -0.138. The first kappa shape index (κ1) is 14.4. The van der Waals surface area contributed by atoms with Crippen LogP contribution in [0.15, 0.2) is 18.2 Å². The van der Waals surface area contributed by atoms with Crippen LogP contribution in [0.1, 0.15) is 56.1 Å². The van der Waals surface area contributed by atoms with E-state index >= 15 is 0 Å². The zero-order valence-corrected chi connectivity index (χ0v) is 12.1. The summed E-state index contributed by atoms with van der Waals surface area (Å²) in [5.74, 6) is -0.564. The van der Waals surface area contributed by atoms with Gasteiger partial charge < -0.3 is 5.11 Å². The second kappa shape index (κ2) is 6.42. The van der Waals surface area contributed by atoms with Gasteiger partial charge in [0.05, 0.1) is 5.92 Å². The van der Waals surface area contributed by atoms with Crippen LogP contribution in [0, 0.1) is 5.92 Å². The highest BCUT2D eigenvalue weighted by Gasteiger charge is 2.18. The van der Waals surface area contributed by atoms with Gasteiger partial charge in [-0.2, -0.15) is 0 Å². The highest BCUT2D eigenvalue weighted by atomic mass is 35.5. The number of benzene rings is 1. The first-order chi connectivity index (χ1) is 9.08. The van der Waals surface area contributed by atoms with Crippen LogP contribution in [0.2, 0.25) is 5.02 Å². The molecule has 1 aliphatic rings. The molecular weight excluding hydrogens is 260 g/mol. The van der Waals surface area contributed by atoms with E-state index in [1.807, 2.05) is 18.2 Å². The lowest BCUT2D eigenvalue weighted by Gasteiger charge is -2.22. The topological polar surface area (TPSA) is 37.3 Å². The summed E-state index contributed by atoms with van der Waals surface area (Å²) in [4.78, 5) is 11.0. The average molecular weight is 281 g/mol. The fourth-order valence-corrected chi connectivity index (χ4v) is 3.11. The van der Waals surface area contributed by atoms with Crippen molar-refractivity contribution in [1.29, 1.82) is 0 Å².